The zero-order chi connectivity index (χ0) is 34.4. The van der Waals surface area contributed by atoms with Gasteiger partial charge in [-0.15, -0.1) is 23.2 Å². The highest BCUT2D eigenvalue weighted by Gasteiger charge is 2.77. The van der Waals surface area contributed by atoms with Gasteiger partial charge >= 0.3 is 0 Å². The monoisotopic (exact) mass is 707 g/mol. The van der Waals surface area contributed by atoms with Gasteiger partial charge < -0.3 is 14.7 Å². The van der Waals surface area contributed by atoms with Crippen LogP contribution in [0.25, 0.3) is 0 Å². The molecule has 6 atom stereocenters. The molecule has 3 aromatic carbocycles. The van der Waals surface area contributed by atoms with Crippen molar-refractivity contribution in [1.82, 2.24) is 0 Å². The number of imide groups is 2. The van der Waals surface area contributed by atoms with Gasteiger partial charge in [-0.2, -0.15) is 0 Å². The molecule has 3 aromatic rings. The normalized spacial score (nSPS) is 31.1. The standard InChI is InChI=1S/C36H29Cl2F2N3O6/c37-35-18-26-23(12-13-24-28(26)32(46)42(31(24)45)21-10-8-20(9-11-21)41-14-16-49-17-15-41)29(25-2-1-3-27(40)30(25)44)36(35,38)34(48)43(33(35)47)22-6-4-19(39)5-7-22/h1-12,24,26,28-29,44H,13-18H2/t24-,26+,28-,29+,35+,36-/m0/s1. The largest absolute Gasteiger partial charge is 0.505 e. The number of alkyl halides is 2. The van der Waals surface area contributed by atoms with E-state index < -0.39 is 74.4 Å². The summed E-state index contributed by atoms with van der Waals surface area (Å²) in [7, 11) is 0. The lowest BCUT2D eigenvalue weighted by Crippen LogP contribution is -2.60. The molecule has 3 aliphatic heterocycles. The molecule has 49 heavy (non-hydrogen) atoms. The van der Waals surface area contributed by atoms with Crippen LogP contribution in [-0.4, -0.2) is 64.8 Å². The molecule has 2 aliphatic carbocycles. The van der Waals surface area contributed by atoms with Crippen molar-refractivity contribution in [2.24, 2.45) is 17.8 Å². The molecule has 8 rings (SSSR count). The Hall–Kier alpha value is -4.32. The van der Waals surface area contributed by atoms with Crippen LogP contribution in [0.15, 0.2) is 78.4 Å². The molecule has 1 N–H and O–H groups in total. The number of anilines is 3. The SMILES string of the molecule is O=C1[C@H]2[C@H](CC=C3[C@H]2C[C@@]2(Cl)C(=O)N(c4ccc(F)cc4)C(=O)[C@@]2(Cl)[C@H]3c2cccc(F)c2O)C(=O)N1c1ccc(N2CCOCC2)cc1. The number of carbonyl (C=O) groups is 4. The summed E-state index contributed by atoms with van der Waals surface area (Å²) in [5.41, 5.74) is 1.64. The molecule has 0 spiro atoms. The van der Waals surface area contributed by atoms with Gasteiger partial charge in [-0.3, -0.25) is 24.1 Å². The summed E-state index contributed by atoms with van der Waals surface area (Å²) in [5, 5.41) is 11.0. The minimum absolute atomic E-state index is 0.0155. The number of nitrogens with zero attached hydrogens (tertiary/aromatic N) is 3. The Morgan fingerprint density at radius 1 is 0.776 bits per heavy atom. The van der Waals surface area contributed by atoms with E-state index in [4.69, 9.17) is 27.9 Å². The predicted octanol–water partition coefficient (Wildman–Crippen LogP) is 5.28. The molecule has 5 aliphatic rings. The molecule has 4 amide bonds. The number of hydrogen-bond acceptors (Lipinski definition) is 7. The number of phenolic OH excluding ortho intramolecular Hbond substituents is 1. The maximum atomic E-state index is 14.9. The summed E-state index contributed by atoms with van der Waals surface area (Å²) >= 11 is 14.6. The number of fused-ring (bicyclic) bond motifs is 4. The minimum atomic E-state index is -2.29. The Kier molecular flexibility index (Phi) is 7.40. The molecule has 13 heteroatoms. The Bertz CT molecular complexity index is 1950. The average Bonchev–Trinajstić information content (AvgIpc) is 3.45. The van der Waals surface area contributed by atoms with Crippen LogP contribution in [-0.2, 0) is 23.9 Å². The fourth-order valence-corrected chi connectivity index (χ4v) is 9.32. The molecule has 4 fully saturated rings. The van der Waals surface area contributed by atoms with Gasteiger partial charge in [0.1, 0.15) is 5.82 Å². The first-order valence-corrected chi connectivity index (χ1v) is 16.7. The van der Waals surface area contributed by atoms with Gasteiger partial charge in [-0.25, -0.2) is 13.7 Å². The van der Waals surface area contributed by atoms with E-state index in [0.29, 0.717) is 37.6 Å². The van der Waals surface area contributed by atoms with Gasteiger partial charge in [0.25, 0.3) is 11.8 Å². The van der Waals surface area contributed by atoms with Crippen molar-refractivity contribution >= 4 is 63.9 Å². The number of morpholine rings is 1. The lowest BCUT2D eigenvalue weighted by atomic mass is 9.56. The quantitative estimate of drug-likeness (QED) is 0.224. The third-order valence-corrected chi connectivity index (χ3v) is 12.1. The van der Waals surface area contributed by atoms with Crippen molar-refractivity contribution in [3.05, 3.63) is 95.6 Å². The topological polar surface area (TPSA) is 107 Å². The number of phenols is 1. The van der Waals surface area contributed by atoms with Gasteiger partial charge in [0, 0.05) is 30.3 Å². The Morgan fingerprint density at radius 3 is 2.10 bits per heavy atom. The van der Waals surface area contributed by atoms with E-state index >= 15 is 0 Å². The summed E-state index contributed by atoms with van der Waals surface area (Å²) in [5.74, 6) is -9.16. The van der Waals surface area contributed by atoms with Crippen LogP contribution >= 0.6 is 23.2 Å². The minimum Gasteiger partial charge on any atom is -0.505 e. The number of amides is 4. The maximum Gasteiger partial charge on any atom is 0.258 e. The van der Waals surface area contributed by atoms with E-state index in [1.807, 2.05) is 12.1 Å². The highest BCUT2D eigenvalue weighted by molar-refractivity contribution is 6.58. The van der Waals surface area contributed by atoms with E-state index in [2.05, 4.69) is 4.90 Å². The van der Waals surface area contributed by atoms with Crippen molar-refractivity contribution in [2.45, 2.75) is 28.5 Å². The molecule has 9 nitrogen and oxygen atoms in total. The zero-order valence-corrected chi connectivity index (χ0v) is 27.3. The van der Waals surface area contributed by atoms with Crippen LogP contribution in [0.1, 0.15) is 24.3 Å². The third-order valence-electron chi connectivity index (χ3n) is 10.7. The van der Waals surface area contributed by atoms with Crippen LogP contribution in [0.2, 0.25) is 0 Å². The number of hydrogen-bond donors (Lipinski definition) is 1. The van der Waals surface area contributed by atoms with Gasteiger partial charge in [0.2, 0.25) is 11.8 Å². The number of ether oxygens (including phenoxy) is 1. The second-order valence-electron chi connectivity index (χ2n) is 13.1. The van der Waals surface area contributed by atoms with Crippen LogP contribution in [0.5, 0.6) is 5.75 Å². The lowest BCUT2D eigenvalue weighted by molar-refractivity contribution is -0.125. The molecule has 0 aromatic heterocycles. The van der Waals surface area contributed by atoms with Crippen LogP contribution < -0.4 is 14.7 Å². The molecular weight excluding hydrogens is 679 g/mol. The Balaban J connectivity index is 1.22. The van der Waals surface area contributed by atoms with Gasteiger partial charge in [-0.05, 0) is 73.4 Å². The number of halogens is 4. The van der Waals surface area contributed by atoms with Crippen molar-refractivity contribution in [3.63, 3.8) is 0 Å². The third kappa shape index (κ3) is 4.44. The number of para-hydroxylation sites is 1. The summed E-state index contributed by atoms with van der Waals surface area (Å²) in [6.45, 7) is 2.62. The van der Waals surface area contributed by atoms with Crippen LogP contribution in [0, 0.1) is 29.4 Å². The number of benzene rings is 3. The molecule has 0 radical (unpaired) electrons. The number of allylic oxidation sites excluding steroid dienone is 2. The molecule has 3 heterocycles. The summed E-state index contributed by atoms with van der Waals surface area (Å²) in [6, 6.07) is 15.5. The molecule has 252 valence electrons. The molecule has 1 saturated carbocycles. The Labute approximate surface area is 289 Å². The summed E-state index contributed by atoms with van der Waals surface area (Å²) in [6.07, 6.45) is 1.50. The summed E-state index contributed by atoms with van der Waals surface area (Å²) < 4.78 is 34.2. The lowest BCUT2D eigenvalue weighted by Gasteiger charge is -2.50. The predicted molar refractivity (Wildman–Crippen MR) is 177 cm³/mol. The van der Waals surface area contributed by atoms with Gasteiger partial charge in [0.05, 0.1) is 36.4 Å². The molecular formula is C36H29Cl2F2N3O6. The average molecular weight is 709 g/mol. The molecule has 0 unspecified atom stereocenters. The van der Waals surface area contributed by atoms with Crippen molar-refractivity contribution in [3.8, 4) is 5.75 Å². The smallest absolute Gasteiger partial charge is 0.258 e. The zero-order valence-electron chi connectivity index (χ0n) is 25.8. The maximum absolute atomic E-state index is 14.9. The fraction of sp³-hybridized carbons (Fsp3) is 0.333. The second-order valence-corrected chi connectivity index (χ2v) is 14.3. The van der Waals surface area contributed by atoms with Gasteiger partial charge in [0.15, 0.2) is 21.3 Å². The van der Waals surface area contributed by atoms with Crippen LogP contribution in [0.3, 0.4) is 0 Å². The van der Waals surface area contributed by atoms with E-state index in [0.717, 1.165) is 33.7 Å². The van der Waals surface area contributed by atoms with Crippen molar-refractivity contribution in [1.29, 1.82) is 0 Å². The van der Waals surface area contributed by atoms with Crippen molar-refractivity contribution < 1.29 is 37.8 Å². The number of rotatable bonds is 4. The molecule has 0 bridgehead atoms. The second kappa shape index (κ2) is 11.4. The number of aromatic hydroxyl groups is 1. The van der Waals surface area contributed by atoms with E-state index in [1.54, 1.807) is 18.2 Å². The Morgan fingerprint density at radius 2 is 1.41 bits per heavy atom. The van der Waals surface area contributed by atoms with E-state index in [1.165, 1.54) is 24.3 Å². The first kappa shape index (κ1) is 31.9. The highest BCUT2D eigenvalue weighted by Crippen LogP contribution is 2.66. The summed E-state index contributed by atoms with van der Waals surface area (Å²) in [4.78, 5) is 56.6. The van der Waals surface area contributed by atoms with E-state index in [9.17, 15) is 33.1 Å². The molecule has 3 saturated heterocycles. The fourth-order valence-electron chi connectivity index (χ4n) is 8.40. The first-order valence-electron chi connectivity index (χ1n) is 16.0. The first-order chi connectivity index (χ1) is 23.5. The van der Waals surface area contributed by atoms with E-state index in [-0.39, 0.29) is 24.1 Å². The van der Waals surface area contributed by atoms with Crippen molar-refractivity contribution in [2.75, 3.05) is 41.0 Å². The highest BCUT2D eigenvalue weighted by atomic mass is 35.5. The van der Waals surface area contributed by atoms with Gasteiger partial charge in [-0.1, -0.05) is 23.8 Å². The number of carbonyl (C=O) groups excluding carboxylic acids is 4. The van der Waals surface area contributed by atoms with Crippen LogP contribution in [0.4, 0.5) is 25.8 Å².